The molecule has 0 saturated heterocycles. The van der Waals surface area contributed by atoms with Crippen LogP contribution >= 0.6 is 47.0 Å². The third-order valence-corrected chi connectivity index (χ3v) is 4.27. The van der Waals surface area contributed by atoms with E-state index in [0.29, 0.717) is 25.4 Å². The monoisotopic (exact) mass is 362 g/mol. The molecule has 2 aromatic rings. The standard InChI is InChI=1S/C13H13Cl3N4S/c1-2-3-4-11-18-19-13(21)20(11)17-7-8-9(14)5-6-10(15)12(8)16/h5-7H,2-4H2,1H3,(H,19,21). The van der Waals surface area contributed by atoms with Crippen LogP contribution in [0.25, 0.3) is 0 Å². The molecular weight excluding hydrogens is 351 g/mol. The van der Waals surface area contributed by atoms with E-state index in [-0.39, 0.29) is 0 Å². The van der Waals surface area contributed by atoms with Crippen LogP contribution in [-0.4, -0.2) is 21.1 Å². The van der Waals surface area contributed by atoms with E-state index >= 15 is 0 Å². The third-order valence-electron chi connectivity index (χ3n) is 2.85. The Hall–Kier alpha value is -0.880. The van der Waals surface area contributed by atoms with Gasteiger partial charge in [-0.15, -0.1) is 0 Å². The van der Waals surface area contributed by atoms with Gasteiger partial charge in [0.2, 0.25) is 4.77 Å². The molecule has 0 amide bonds. The summed E-state index contributed by atoms with van der Waals surface area (Å²) in [5.74, 6) is 0.771. The summed E-state index contributed by atoms with van der Waals surface area (Å²) >= 11 is 23.4. The number of aromatic amines is 1. The van der Waals surface area contributed by atoms with Crippen molar-refractivity contribution in [2.45, 2.75) is 26.2 Å². The van der Waals surface area contributed by atoms with Crippen molar-refractivity contribution in [2.75, 3.05) is 0 Å². The molecule has 21 heavy (non-hydrogen) atoms. The highest BCUT2D eigenvalue weighted by atomic mass is 35.5. The number of aryl methyl sites for hydroxylation is 1. The van der Waals surface area contributed by atoms with Gasteiger partial charge in [-0.3, -0.25) is 5.10 Å². The summed E-state index contributed by atoms with van der Waals surface area (Å²) in [6.45, 7) is 2.11. The molecule has 4 nitrogen and oxygen atoms in total. The number of H-pyrrole nitrogens is 1. The molecule has 1 N–H and O–H groups in total. The summed E-state index contributed by atoms with van der Waals surface area (Å²) in [5.41, 5.74) is 0.551. The van der Waals surface area contributed by atoms with Gasteiger partial charge in [-0.05, 0) is 30.8 Å². The maximum absolute atomic E-state index is 6.14. The zero-order valence-corrected chi connectivity index (χ0v) is 14.3. The summed E-state index contributed by atoms with van der Waals surface area (Å²) in [6, 6.07) is 3.31. The smallest absolute Gasteiger partial charge is 0.216 e. The molecule has 0 bridgehead atoms. The van der Waals surface area contributed by atoms with E-state index in [2.05, 4.69) is 22.2 Å². The maximum Gasteiger partial charge on any atom is 0.216 e. The fraction of sp³-hybridized carbons (Fsp3) is 0.308. The number of benzene rings is 1. The number of rotatable bonds is 5. The van der Waals surface area contributed by atoms with Crippen molar-refractivity contribution in [1.82, 2.24) is 14.9 Å². The van der Waals surface area contributed by atoms with E-state index in [4.69, 9.17) is 47.0 Å². The van der Waals surface area contributed by atoms with E-state index < -0.39 is 0 Å². The Morgan fingerprint density at radius 3 is 2.76 bits per heavy atom. The maximum atomic E-state index is 6.14. The summed E-state index contributed by atoms with van der Waals surface area (Å²) in [4.78, 5) is 0. The minimum Gasteiger partial charge on any atom is -0.250 e. The first kappa shape index (κ1) is 16.5. The van der Waals surface area contributed by atoms with E-state index in [1.165, 1.54) is 6.21 Å². The van der Waals surface area contributed by atoms with Gasteiger partial charge in [-0.25, -0.2) is 0 Å². The van der Waals surface area contributed by atoms with Crippen LogP contribution in [0.15, 0.2) is 17.2 Å². The molecule has 8 heteroatoms. The van der Waals surface area contributed by atoms with E-state index in [1.807, 2.05) is 0 Å². The van der Waals surface area contributed by atoms with Crippen molar-refractivity contribution in [1.29, 1.82) is 0 Å². The molecule has 1 aromatic carbocycles. The average molecular weight is 364 g/mol. The molecule has 0 saturated carbocycles. The molecule has 0 radical (unpaired) electrons. The van der Waals surface area contributed by atoms with E-state index in [1.54, 1.807) is 16.8 Å². The lowest BCUT2D eigenvalue weighted by atomic mass is 10.2. The third kappa shape index (κ3) is 3.86. The Morgan fingerprint density at radius 2 is 2.05 bits per heavy atom. The number of halogens is 3. The minimum atomic E-state index is 0.359. The van der Waals surface area contributed by atoms with Crippen molar-refractivity contribution < 1.29 is 0 Å². The molecule has 0 fully saturated rings. The Morgan fingerprint density at radius 1 is 1.33 bits per heavy atom. The lowest BCUT2D eigenvalue weighted by molar-refractivity contribution is 0.700. The van der Waals surface area contributed by atoms with Gasteiger partial charge in [0.1, 0.15) is 0 Å². The number of nitrogens with zero attached hydrogens (tertiary/aromatic N) is 3. The normalized spacial score (nSPS) is 11.4. The van der Waals surface area contributed by atoms with Crippen molar-refractivity contribution in [3.8, 4) is 0 Å². The zero-order valence-electron chi connectivity index (χ0n) is 11.2. The summed E-state index contributed by atoms with van der Waals surface area (Å²) in [7, 11) is 0. The Kier molecular flexibility index (Phi) is 5.81. The minimum absolute atomic E-state index is 0.359. The van der Waals surface area contributed by atoms with Gasteiger partial charge in [0.05, 0.1) is 21.3 Å². The zero-order chi connectivity index (χ0) is 15.4. The van der Waals surface area contributed by atoms with Crippen molar-refractivity contribution in [3.63, 3.8) is 0 Å². The SMILES string of the molecule is CCCCc1n[nH]c(=S)n1N=Cc1c(Cl)ccc(Cl)c1Cl. The van der Waals surface area contributed by atoms with E-state index in [9.17, 15) is 0 Å². The van der Waals surface area contributed by atoms with Crippen molar-refractivity contribution >= 4 is 53.2 Å². The molecule has 0 aliphatic rings. The second-order valence-corrected chi connectivity index (χ2v) is 5.94. The molecule has 1 aromatic heterocycles. The second kappa shape index (κ2) is 7.40. The molecular formula is C13H13Cl3N4S. The van der Waals surface area contributed by atoms with Crippen LogP contribution in [0.1, 0.15) is 31.2 Å². The quantitative estimate of drug-likeness (QED) is 0.455. The molecule has 0 atom stereocenters. The van der Waals surface area contributed by atoms with Crippen molar-refractivity contribution in [2.24, 2.45) is 5.10 Å². The number of hydrogen-bond donors (Lipinski definition) is 1. The van der Waals surface area contributed by atoms with Crippen LogP contribution in [0.2, 0.25) is 15.1 Å². The Bertz CT molecular complexity index is 721. The predicted molar refractivity (Wildman–Crippen MR) is 90.5 cm³/mol. The Balaban J connectivity index is 2.36. The first-order valence-corrected chi connectivity index (χ1v) is 7.93. The van der Waals surface area contributed by atoms with Gasteiger partial charge in [0.25, 0.3) is 0 Å². The Labute approximate surface area is 142 Å². The van der Waals surface area contributed by atoms with Crippen LogP contribution in [0, 0.1) is 4.77 Å². The lowest BCUT2D eigenvalue weighted by Gasteiger charge is -2.04. The number of unbranched alkanes of at least 4 members (excludes halogenated alkanes) is 1. The highest BCUT2D eigenvalue weighted by Gasteiger charge is 2.09. The second-order valence-electron chi connectivity index (χ2n) is 4.36. The number of nitrogens with one attached hydrogen (secondary N) is 1. The molecule has 112 valence electrons. The summed E-state index contributed by atoms with van der Waals surface area (Å²) in [6.07, 6.45) is 4.40. The topological polar surface area (TPSA) is 46.0 Å². The summed E-state index contributed by atoms with van der Waals surface area (Å²) < 4.78 is 1.99. The van der Waals surface area contributed by atoms with Crippen LogP contribution < -0.4 is 0 Å². The van der Waals surface area contributed by atoms with Crippen LogP contribution in [-0.2, 0) is 6.42 Å². The highest BCUT2D eigenvalue weighted by Crippen LogP contribution is 2.30. The van der Waals surface area contributed by atoms with Crippen LogP contribution in [0.4, 0.5) is 0 Å². The number of aromatic nitrogens is 3. The molecule has 1 heterocycles. The van der Waals surface area contributed by atoms with Gasteiger partial charge in [-0.2, -0.15) is 14.9 Å². The molecule has 0 aliphatic heterocycles. The lowest BCUT2D eigenvalue weighted by Crippen LogP contribution is -1.99. The van der Waals surface area contributed by atoms with Gasteiger partial charge >= 0.3 is 0 Å². The largest absolute Gasteiger partial charge is 0.250 e. The molecule has 0 spiro atoms. The predicted octanol–water partition coefficient (Wildman–Crippen LogP) is 5.13. The average Bonchev–Trinajstić information content (AvgIpc) is 2.81. The van der Waals surface area contributed by atoms with Gasteiger partial charge in [-0.1, -0.05) is 48.1 Å². The van der Waals surface area contributed by atoms with Crippen LogP contribution in [0.5, 0.6) is 0 Å². The van der Waals surface area contributed by atoms with Crippen LogP contribution in [0.3, 0.4) is 0 Å². The van der Waals surface area contributed by atoms with Gasteiger partial charge in [0, 0.05) is 12.0 Å². The fourth-order valence-corrected chi connectivity index (χ4v) is 2.55. The number of hydrogen-bond acceptors (Lipinski definition) is 3. The summed E-state index contributed by atoms with van der Waals surface area (Å²) in [5, 5.41) is 12.5. The van der Waals surface area contributed by atoms with Gasteiger partial charge < -0.3 is 0 Å². The molecule has 0 unspecified atom stereocenters. The van der Waals surface area contributed by atoms with Gasteiger partial charge in [0.15, 0.2) is 5.82 Å². The highest BCUT2D eigenvalue weighted by molar-refractivity contribution is 7.71. The first-order valence-electron chi connectivity index (χ1n) is 6.38. The van der Waals surface area contributed by atoms with Crippen molar-refractivity contribution in [3.05, 3.63) is 43.4 Å². The van der Waals surface area contributed by atoms with E-state index in [0.717, 1.165) is 25.1 Å². The first-order chi connectivity index (χ1) is 10.0. The molecule has 0 aliphatic carbocycles. The fourth-order valence-electron chi connectivity index (χ4n) is 1.72. The molecule has 2 rings (SSSR count).